The molecule has 0 bridgehead atoms. The number of aromatic carboxylic acids is 1. The number of hydrogen-bond acceptors (Lipinski definition) is 4. The normalized spacial score (nSPS) is 15.2. The molecular formula is C15H12N2O3S. The average Bonchev–Trinajstić information content (AvgIpc) is 3.05. The molecule has 1 aliphatic heterocycles. The minimum atomic E-state index is -1.07. The van der Waals surface area contributed by atoms with E-state index in [0.717, 1.165) is 5.56 Å². The molecule has 0 spiro atoms. The number of aromatic nitrogens is 1. The lowest BCUT2D eigenvalue weighted by atomic mass is 10.1. The molecule has 1 aromatic heterocycles. The molecule has 0 saturated carbocycles. The summed E-state index contributed by atoms with van der Waals surface area (Å²) >= 11 is 1.23. The number of amides is 1. The van der Waals surface area contributed by atoms with E-state index in [9.17, 15) is 9.59 Å². The predicted octanol–water partition coefficient (Wildman–Crippen LogP) is 3.03. The van der Waals surface area contributed by atoms with Gasteiger partial charge in [-0.15, -0.1) is 11.3 Å². The molecule has 2 aromatic rings. The summed E-state index contributed by atoms with van der Waals surface area (Å²) < 4.78 is 0. The van der Waals surface area contributed by atoms with Crippen LogP contribution in [0.25, 0.3) is 5.70 Å². The first kappa shape index (κ1) is 13.5. The Labute approximate surface area is 125 Å². The van der Waals surface area contributed by atoms with Crippen molar-refractivity contribution >= 4 is 28.9 Å². The van der Waals surface area contributed by atoms with Crippen molar-refractivity contribution in [2.75, 3.05) is 0 Å². The first-order valence-corrected chi connectivity index (χ1v) is 7.19. The van der Waals surface area contributed by atoms with Crippen molar-refractivity contribution in [3.05, 3.63) is 58.1 Å². The van der Waals surface area contributed by atoms with Crippen LogP contribution in [0.15, 0.2) is 36.2 Å². The molecule has 6 heteroatoms. The summed E-state index contributed by atoms with van der Waals surface area (Å²) in [6, 6.07) is 6.93. The first-order valence-electron chi connectivity index (χ1n) is 6.31. The molecule has 0 fully saturated rings. The number of carboxylic acids is 1. The summed E-state index contributed by atoms with van der Waals surface area (Å²) in [6.45, 7) is 5.80. The Bertz CT molecular complexity index is 731. The Hall–Kier alpha value is -2.47. The lowest BCUT2D eigenvalue weighted by molar-refractivity contribution is 0.0691. The zero-order chi connectivity index (χ0) is 15.1. The maximum absolute atomic E-state index is 12.5. The van der Waals surface area contributed by atoms with Gasteiger partial charge in [-0.2, -0.15) is 0 Å². The summed E-state index contributed by atoms with van der Waals surface area (Å²) in [5.74, 6) is -1.20. The van der Waals surface area contributed by atoms with Crippen LogP contribution < -0.4 is 0 Å². The van der Waals surface area contributed by atoms with E-state index < -0.39 is 5.97 Å². The Morgan fingerprint density at radius 1 is 1.38 bits per heavy atom. The van der Waals surface area contributed by atoms with Crippen LogP contribution in [0.2, 0.25) is 0 Å². The number of thiazole rings is 1. The third-order valence-corrected chi connectivity index (χ3v) is 4.48. The van der Waals surface area contributed by atoms with Crippen LogP contribution in [0.1, 0.15) is 44.4 Å². The summed E-state index contributed by atoms with van der Waals surface area (Å²) in [6.07, 6.45) is 0. The third-order valence-electron chi connectivity index (χ3n) is 3.46. The molecule has 1 unspecified atom stereocenters. The summed E-state index contributed by atoms with van der Waals surface area (Å²) in [7, 11) is 0. The van der Waals surface area contributed by atoms with E-state index >= 15 is 0 Å². The molecule has 2 heterocycles. The lowest BCUT2D eigenvalue weighted by Crippen LogP contribution is -2.26. The minimum absolute atomic E-state index is 0.00313. The van der Waals surface area contributed by atoms with Crippen molar-refractivity contribution < 1.29 is 14.7 Å². The molecule has 1 N–H and O–H groups in total. The van der Waals surface area contributed by atoms with Gasteiger partial charge in [0.1, 0.15) is 5.01 Å². The number of carbonyl (C=O) groups is 2. The van der Waals surface area contributed by atoms with Crippen LogP contribution in [0.4, 0.5) is 0 Å². The van der Waals surface area contributed by atoms with Crippen LogP contribution in [-0.2, 0) is 0 Å². The Morgan fingerprint density at radius 2 is 2.05 bits per heavy atom. The molecule has 21 heavy (non-hydrogen) atoms. The topological polar surface area (TPSA) is 70.5 Å². The third kappa shape index (κ3) is 2.04. The van der Waals surface area contributed by atoms with Gasteiger partial charge in [0.25, 0.3) is 5.91 Å². The molecule has 0 radical (unpaired) electrons. The minimum Gasteiger partial charge on any atom is -0.476 e. The fraction of sp³-hybridized carbons (Fsp3) is 0.133. The van der Waals surface area contributed by atoms with Crippen LogP contribution in [0, 0.1) is 0 Å². The highest BCUT2D eigenvalue weighted by atomic mass is 32.1. The Kier molecular flexibility index (Phi) is 3.10. The van der Waals surface area contributed by atoms with E-state index in [1.807, 2.05) is 25.1 Å². The average molecular weight is 300 g/mol. The van der Waals surface area contributed by atoms with Crippen molar-refractivity contribution in [1.82, 2.24) is 9.88 Å². The molecule has 1 amide bonds. The fourth-order valence-corrected chi connectivity index (χ4v) is 3.24. The number of nitrogens with zero attached hydrogens (tertiary/aromatic N) is 2. The van der Waals surface area contributed by atoms with Gasteiger partial charge in [0.2, 0.25) is 0 Å². The van der Waals surface area contributed by atoms with Gasteiger partial charge in [0.15, 0.2) is 5.69 Å². The number of fused-ring (bicyclic) bond motifs is 1. The number of carbonyl (C=O) groups excluding carboxylic acids is 1. The highest BCUT2D eigenvalue weighted by molar-refractivity contribution is 7.09. The molecule has 106 valence electrons. The van der Waals surface area contributed by atoms with E-state index in [2.05, 4.69) is 11.6 Å². The largest absolute Gasteiger partial charge is 0.476 e. The monoisotopic (exact) mass is 300 g/mol. The standard InChI is InChI=1S/C15H12N2O3S/c1-8-10-5-3-4-6-11(10)14(18)17(8)9(2)13-16-12(7-21-13)15(19)20/h3-7,9H,1H2,2H3,(H,19,20). The zero-order valence-electron chi connectivity index (χ0n) is 11.2. The van der Waals surface area contributed by atoms with Crippen molar-refractivity contribution in [3.63, 3.8) is 0 Å². The van der Waals surface area contributed by atoms with E-state index in [1.165, 1.54) is 16.7 Å². The second-order valence-electron chi connectivity index (χ2n) is 4.72. The van der Waals surface area contributed by atoms with E-state index in [-0.39, 0.29) is 17.6 Å². The van der Waals surface area contributed by atoms with Gasteiger partial charge in [-0.25, -0.2) is 9.78 Å². The lowest BCUT2D eigenvalue weighted by Gasteiger charge is -2.23. The number of carboxylic acid groups (broad SMARTS) is 1. The van der Waals surface area contributed by atoms with Gasteiger partial charge in [-0.05, 0) is 13.0 Å². The van der Waals surface area contributed by atoms with Gasteiger partial charge in [0.05, 0.1) is 6.04 Å². The fourth-order valence-electron chi connectivity index (χ4n) is 2.40. The van der Waals surface area contributed by atoms with Gasteiger partial charge in [0, 0.05) is 22.2 Å². The van der Waals surface area contributed by atoms with Crippen molar-refractivity contribution in [1.29, 1.82) is 0 Å². The summed E-state index contributed by atoms with van der Waals surface area (Å²) in [5, 5.41) is 11.0. The maximum Gasteiger partial charge on any atom is 0.355 e. The van der Waals surface area contributed by atoms with E-state index in [0.29, 0.717) is 16.3 Å². The van der Waals surface area contributed by atoms with Crippen molar-refractivity contribution in [2.24, 2.45) is 0 Å². The summed E-state index contributed by atoms with van der Waals surface area (Å²) in [4.78, 5) is 29.0. The highest BCUT2D eigenvalue weighted by Crippen LogP contribution is 2.38. The number of hydrogen-bond donors (Lipinski definition) is 1. The van der Waals surface area contributed by atoms with Gasteiger partial charge < -0.3 is 5.11 Å². The van der Waals surface area contributed by atoms with Crippen molar-refractivity contribution in [3.8, 4) is 0 Å². The van der Waals surface area contributed by atoms with Gasteiger partial charge in [-0.3, -0.25) is 9.69 Å². The van der Waals surface area contributed by atoms with Crippen LogP contribution in [0.3, 0.4) is 0 Å². The Morgan fingerprint density at radius 3 is 2.62 bits per heavy atom. The van der Waals surface area contributed by atoms with Crippen LogP contribution in [0.5, 0.6) is 0 Å². The molecule has 0 aliphatic carbocycles. The summed E-state index contributed by atoms with van der Waals surface area (Å²) in [5.41, 5.74) is 2.04. The van der Waals surface area contributed by atoms with Crippen LogP contribution in [-0.4, -0.2) is 26.9 Å². The molecule has 1 aliphatic rings. The maximum atomic E-state index is 12.5. The molecule has 0 saturated heterocycles. The van der Waals surface area contributed by atoms with Crippen LogP contribution >= 0.6 is 11.3 Å². The van der Waals surface area contributed by atoms with E-state index in [1.54, 1.807) is 11.0 Å². The molecular weight excluding hydrogens is 288 g/mol. The van der Waals surface area contributed by atoms with Gasteiger partial charge in [-0.1, -0.05) is 24.8 Å². The second kappa shape index (κ2) is 4.82. The second-order valence-corrected chi connectivity index (χ2v) is 5.61. The quantitative estimate of drug-likeness (QED) is 0.946. The first-order chi connectivity index (χ1) is 10.0. The smallest absolute Gasteiger partial charge is 0.355 e. The predicted molar refractivity (Wildman–Crippen MR) is 79.1 cm³/mol. The number of rotatable bonds is 3. The SMILES string of the molecule is C=C1c2ccccc2C(=O)N1C(C)c1nc(C(=O)O)cs1. The number of benzene rings is 1. The highest BCUT2D eigenvalue weighted by Gasteiger charge is 2.35. The van der Waals surface area contributed by atoms with E-state index in [4.69, 9.17) is 5.11 Å². The zero-order valence-corrected chi connectivity index (χ0v) is 12.1. The molecule has 3 rings (SSSR count). The van der Waals surface area contributed by atoms with Gasteiger partial charge >= 0.3 is 5.97 Å². The molecule has 5 nitrogen and oxygen atoms in total. The molecule has 1 aromatic carbocycles. The van der Waals surface area contributed by atoms with Crippen molar-refractivity contribution in [2.45, 2.75) is 13.0 Å². The molecule has 1 atom stereocenters. The Balaban J connectivity index is 1.96.